The van der Waals surface area contributed by atoms with Gasteiger partial charge in [0.05, 0.1) is 5.69 Å². The Labute approximate surface area is 123 Å². The van der Waals surface area contributed by atoms with Gasteiger partial charge in [-0.1, -0.05) is 36.4 Å². The molecule has 0 saturated heterocycles. The zero-order valence-corrected chi connectivity index (χ0v) is 11.7. The number of aromatic nitrogens is 2. The molecule has 0 spiro atoms. The molecule has 1 atom stereocenters. The first-order valence-corrected chi connectivity index (χ1v) is 7.35. The molecule has 0 aliphatic heterocycles. The number of rotatable bonds is 2. The van der Waals surface area contributed by atoms with Crippen LogP contribution in [0.2, 0.25) is 0 Å². The van der Waals surface area contributed by atoms with Crippen LogP contribution in [-0.4, -0.2) is 9.97 Å². The second-order valence-electron chi connectivity index (χ2n) is 5.45. The van der Waals surface area contributed by atoms with Crippen molar-refractivity contribution in [3.05, 3.63) is 71.7 Å². The van der Waals surface area contributed by atoms with E-state index in [0.29, 0.717) is 11.8 Å². The summed E-state index contributed by atoms with van der Waals surface area (Å²) in [5.74, 6) is 2.20. The van der Waals surface area contributed by atoms with Gasteiger partial charge in [-0.25, -0.2) is 4.98 Å². The van der Waals surface area contributed by atoms with Crippen molar-refractivity contribution in [1.82, 2.24) is 9.97 Å². The first-order chi connectivity index (χ1) is 10.4. The Kier molecular flexibility index (Phi) is 3.03. The number of benzene rings is 1. The molecule has 3 aromatic rings. The van der Waals surface area contributed by atoms with Gasteiger partial charge in [0.2, 0.25) is 5.89 Å². The molecule has 4 rings (SSSR count). The topological polar surface area (TPSA) is 38.9 Å². The van der Waals surface area contributed by atoms with Crippen LogP contribution in [0.1, 0.15) is 29.4 Å². The van der Waals surface area contributed by atoms with E-state index in [2.05, 4.69) is 40.3 Å². The molecule has 0 bridgehead atoms. The molecule has 0 amide bonds. The van der Waals surface area contributed by atoms with Crippen molar-refractivity contribution in [2.24, 2.45) is 0 Å². The molecule has 104 valence electrons. The van der Waals surface area contributed by atoms with Crippen molar-refractivity contribution in [2.75, 3.05) is 0 Å². The second kappa shape index (κ2) is 5.17. The maximum absolute atomic E-state index is 5.97. The SMILES string of the molecule is c1ccc(C2CCc3nc(-c4ccccn4)oc3C2)cc1. The Balaban J connectivity index is 1.63. The van der Waals surface area contributed by atoms with E-state index in [9.17, 15) is 0 Å². The molecule has 21 heavy (non-hydrogen) atoms. The van der Waals surface area contributed by atoms with Crippen molar-refractivity contribution in [3.63, 3.8) is 0 Å². The van der Waals surface area contributed by atoms with E-state index in [-0.39, 0.29) is 0 Å². The highest BCUT2D eigenvalue weighted by molar-refractivity contribution is 5.47. The van der Waals surface area contributed by atoms with E-state index in [1.165, 1.54) is 5.56 Å². The number of oxazole rings is 1. The van der Waals surface area contributed by atoms with E-state index in [1.807, 2.05) is 18.2 Å². The minimum atomic E-state index is 0.531. The quantitative estimate of drug-likeness (QED) is 0.710. The first kappa shape index (κ1) is 12.3. The van der Waals surface area contributed by atoms with Crippen LogP contribution in [-0.2, 0) is 12.8 Å². The summed E-state index contributed by atoms with van der Waals surface area (Å²) in [4.78, 5) is 8.93. The van der Waals surface area contributed by atoms with Gasteiger partial charge in [-0.05, 0) is 36.5 Å². The van der Waals surface area contributed by atoms with Crippen LogP contribution in [0.15, 0.2) is 59.1 Å². The molecule has 3 nitrogen and oxygen atoms in total. The fourth-order valence-electron chi connectivity index (χ4n) is 2.98. The van der Waals surface area contributed by atoms with Crippen molar-refractivity contribution in [3.8, 4) is 11.6 Å². The van der Waals surface area contributed by atoms with Gasteiger partial charge in [0.15, 0.2) is 0 Å². The molecule has 0 fully saturated rings. The van der Waals surface area contributed by atoms with Crippen LogP contribution in [0.3, 0.4) is 0 Å². The third-order valence-corrected chi connectivity index (χ3v) is 4.09. The van der Waals surface area contributed by atoms with Gasteiger partial charge >= 0.3 is 0 Å². The van der Waals surface area contributed by atoms with Crippen molar-refractivity contribution in [2.45, 2.75) is 25.2 Å². The fraction of sp³-hybridized carbons (Fsp3) is 0.222. The highest BCUT2D eigenvalue weighted by atomic mass is 16.4. The average Bonchev–Trinajstić information content (AvgIpc) is 2.99. The predicted molar refractivity (Wildman–Crippen MR) is 80.9 cm³/mol. The van der Waals surface area contributed by atoms with Gasteiger partial charge in [-0.3, -0.25) is 4.98 Å². The predicted octanol–water partition coefficient (Wildman–Crippen LogP) is 4.01. The van der Waals surface area contributed by atoms with Gasteiger partial charge in [-0.2, -0.15) is 0 Å². The summed E-state index contributed by atoms with van der Waals surface area (Å²) in [6.07, 6.45) is 4.81. The number of aryl methyl sites for hydroxylation is 1. The molecular weight excluding hydrogens is 260 g/mol. The zero-order chi connectivity index (χ0) is 14.1. The molecular formula is C18H16N2O. The lowest BCUT2D eigenvalue weighted by molar-refractivity contribution is 0.457. The largest absolute Gasteiger partial charge is 0.440 e. The molecule has 1 aliphatic rings. The van der Waals surface area contributed by atoms with Gasteiger partial charge in [0.1, 0.15) is 11.5 Å². The maximum Gasteiger partial charge on any atom is 0.245 e. The fourth-order valence-corrected chi connectivity index (χ4v) is 2.98. The lowest BCUT2D eigenvalue weighted by Crippen LogP contribution is -2.11. The summed E-state index contributed by atoms with van der Waals surface area (Å²) in [6.45, 7) is 0. The summed E-state index contributed by atoms with van der Waals surface area (Å²) >= 11 is 0. The molecule has 0 radical (unpaired) electrons. The highest BCUT2D eigenvalue weighted by Crippen LogP contribution is 2.34. The highest BCUT2D eigenvalue weighted by Gasteiger charge is 2.25. The third kappa shape index (κ3) is 2.35. The Morgan fingerprint density at radius 3 is 2.67 bits per heavy atom. The monoisotopic (exact) mass is 276 g/mol. The van der Waals surface area contributed by atoms with Gasteiger partial charge < -0.3 is 4.42 Å². The summed E-state index contributed by atoms with van der Waals surface area (Å²) in [7, 11) is 0. The van der Waals surface area contributed by atoms with E-state index >= 15 is 0 Å². The molecule has 1 aromatic carbocycles. The van der Waals surface area contributed by atoms with E-state index in [4.69, 9.17) is 4.42 Å². The van der Waals surface area contributed by atoms with Crippen molar-refractivity contribution < 1.29 is 4.42 Å². The number of nitrogens with zero attached hydrogens (tertiary/aromatic N) is 2. The smallest absolute Gasteiger partial charge is 0.245 e. The first-order valence-electron chi connectivity index (χ1n) is 7.35. The average molecular weight is 276 g/mol. The normalized spacial score (nSPS) is 17.4. The van der Waals surface area contributed by atoms with E-state index < -0.39 is 0 Å². The van der Waals surface area contributed by atoms with Gasteiger partial charge in [-0.15, -0.1) is 0 Å². The maximum atomic E-state index is 5.97. The molecule has 1 unspecified atom stereocenters. The lowest BCUT2D eigenvalue weighted by Gasteiger charge is -2.20. The lowest BCUT2D eigenvalue weighted by atomic mass is 9.85. The zero-order valence-electron chi connectivity index (χ0n) is 11.7. The van der Waals surface area contributed by atoms with Gasteiger partial charge in [0, 0.05) is 12.6 Å². The minimum Gasteiger partial charge on any atom is -0.440 e. The van der Waals surface area contributed by atoms with E-state index in [1.54, 1.807) is 6.20 Å². The van der Waals surface area contributed by atoms with Crippen LogP contribution in [0.5, 0.6) is 0 Å². The summed E-state index contributed by atoms with van der Waals surface area (Å²) in [6, 6.07) is 16.5. The Bertz CT molecular complexity index is 734. The second-order valence-corrected chi connectivity index (χ2v) is 5.45. The van der Waals surface area contributed by atoms with Gasteiger partial charge in [0.25, 0.3) is 0 Å². The van der Waals surface area contributed by atoms with Crippen molar-refractivity contribution >= 4 is 0 Å². The van der Waals surface area contributed by atoms with Crippen LogP contribution in [0.4, 0.5) is 0 Å². The standard InChI is InChI=1S/C18H16N2O/c1-2-6-13(7-3-1)14-9-10-15-17(12-14)21-18(20-15)16-8-4-5-11-19-16/h1-8,11,14H,9-10,12H2. The third-order valence-electron chi connectivity index (χ3n) is 4.09. The number of hydrogen-bond acceptors (Lipinski definition) is 3. The van der Waals surface area contributed by atoms with Crippen LogP contribution in [0, 0.1) is 0 Å². The van der Waals surface area contributed by atoms with Crippen molar-refractivity contribution in [1.29, 1.82) is 0 Å². The Hall–Kier alpha value is -2.42. The Morgan fingerprint density at radius 1 is 1.00 bits per heavy atom. The summed E-state index contributed by atoms with van der Waals surface area (Å²) in [5, 5.41) is 0. The summed E-state index contributed by atoms with van der Waals surface area (Å²) in [5.41, 5.74) is 3.30. The molecule has 0 saturated carbocycles. The molecule has 0 N–H and O–H groups in total. The van der Waals surface area contributed by atoms with Crippen LogP contribution >= 0.6 is 0 Å². The number of fused-ring (bicyclic) bond motifs is 1. The molecule has 2 aromatic heterocycles. The van der Waals surface area contributed by atoms with Crippen LogP contribution < -0.4 is 0 Å². The molecule has 3 heteroatoms. The minimum absolute atomic E-state index is 0.531. The number of pyridine rings is 1. The Morgan fingerprint density at radius 2 is 1.86 bits per heavy atom. The number of hydrogen-bond donors (Lipinski definition) is 0. The molecule has 1 aliphatic carbocycles. The molecule has 2 heterocycles. The van der Waals surface area contributed by atoms with E-state index in [0.717, 1.165) is 36.4 Å². The van der Waals surface area contributed by atoms with Crippen LogP contribution in [0.25, 0.3) is 11.6 Å². The summed E-state index contributed by atoms with van der Waals surface area (Å²) < 4.78 is 5.97.